The smallest absolute Gasteiger partial charge is 0.0147 e. The zero-order valence-corrected chi connectivity index (χ0v) is 11.2. The van der Waals surface area contributed by atoms with Crippen LogP contribution in [0.25, 0.3) is 0 Å². The van der Waals surface area contributed by atoms with E-state index in [-0.39, 0.29) is 0 Å². The third-order valence-electron chi connectivity index (χ3n) is 4.55. The number of rotatable bonds is 5. The van der Waals surface area contributed by atoms with Gasteiger partial charge in [0.25, 0.3) is 0 Å². The minimum Gasteiger partial charge on any atom is -0.316 e. The summed E-state index contributed by atoms with van der Waals surface area (Å²) < 4.78 is 0. The monoisotopic (exact) mass is 212 g/mol. The van der Waals surface area contributed by atoms with Crippen LogP contribution < -0.4 is 5.32 Å². The summed E-state index contributed by atoms with van der Waals surface area (Å²) >= 11 is 0. The molecule has 1 fully saturated rings. The van der Waals surface area contributed by atoms with Crippen LogP contribution in [0.2, 0.25) is 0 Å². The zero-order valence-electron chi connectivity index (χ0n) is 11.2. The lowest BCUT2D eigenvalue weighted by Crippen LogP contribution is -2.47. The predicted octanol–water partition coefficient (Wildman–Crippen LogP) is 2.50. The van der Waals surface area contributed by atoms with E-state index < -0.39 is 0 Å². The van der Waals surface area contributed by atoms with Crippen LogP contribution in [-0.4, -0.2) is 37.1 Å². The van der Waals surface area contributed by atoms with Gasteiger partial charge in [-0.25, -0.2) is 0 Å². The van der Waals surface area contributed by atoms with Gasteiger partial charge in [0.05, 0.1) is 0 Å². The van der Waals surface area contributed by atoms with Gasteiger partial charge in [0.2, 0.25) is 0 Å². The Hall–Kier alpha value is -0.0800. The van der Waals surface area contributed by atoms with E-state index in [4.69, 9.17) is 0 Å². The summed E-state index contributed by atoms with van der Waals surface area (Å²) in [6.07, 6.45) is 3.86. The predicted molar refractivity (Wildman–Crippen MR) is 67.2 cm³/mol. The highest BCUT2D eigenvalue weighted by atomic mass is 15.2. The van der Waals surface area contributed by atoms with Crippen molar-refractivity contribution in [3.63, 3.8) is 0 Å². The molecule has 1 saturated heterocycles. The Kier molecular flexibility index (Phi) is 4.19. The fourth-order valence-corrected chi connectivity index (χ4v) is 2.33. The Labute approximate surface area is 95.4 Å². The highest BCUT2D eigenvalue weighted by molar-refractivity contribution is 4.91. The topological polar surface area (TPSA) is 15.3 Å². The minimum atomic E-state index is 0.338. The third-order valence-corrected chi connectivity index (χ3v) is 4.55. The highest BCUT2D eigenvalue weighted by Crippen LogP contribution is 2.32. The fraction of sp³-hybridized carbons (Fsp3) is 1.00. The van der Waals surface area contributed by atoms with Crippen LogP contribution in [0.3, 0.4) is 0 Å². The van der Waals surface area contributed by atoms with Crippen molar-refractivity contribution >= 4 is 0 Å². The summed E-state index contributed by atoms with van der Waals surface area (Å²) in [5, 5.41) is 3.51. The first-order valence-corrected chi connectivity index (χ1v) is 6.38. The van der Waals surface area contributed by atoms with Crippen molar-refractivity contribution in [2.24, 2.45) is 5.41 Å². The maximum absolute atomic E-state index is 3.51. The zero-order chi connectivity index (χ0) is 11.5. The van der Waals surface area contributed by atoms with Crippen LogP contribution in [0.5, 0.6) is 0 Å². The molecule has 0 amide bonds. The minimum absolute atomic E-state index is 0.338. The molecule has 1 atom stereocenters. The summed E-state index contributed by atoms with van der Waals surface area (Å²) in [7, 11) is 2.28. The van der Waals surface area contributed by atoms with Crippen LogP contribution in [0.1, 0.15) is 47.0 Å². The van der Waals surface area contributed by atoms with Gasteiger partial charge < -0.3 is 10.2 Å². The quantitative estimate of drug-likeness (QED) is 0.753. The Balaban J connectivity index is 2.59. The molecule has 90 valence electrons. The summed E-state index contributed by atoms with van der Waals surface area (Å²) in [6, 6.07) is 0. The van der Waals surface area contributed by atoms with E-state index in [9.17, 15) is 0 Å². The summed E-state index contributed by atoms with van der Waals surface area (Å²) in [6.45, 7) is 12.9. The molecule has 1 aliphatic heterocycles. The molecule has 0 aliphatic carbocycles. The molecule has 2 nitrogen and oxygen atoms in total. The SMILES string of the molecule is CCC1(CN(C)C(C)(C)CC)CCNC1. The van der Waals surface area contributed by atoms with Crippen LogP contribution in [-0.2, 0) is 0 Å². The van der Waals surface area contributed by atoms with Gasteiger partial charge in [-0.05, 0) is 52.1 Å². The van der Waals surface area contributed by atoms with E-state index in [1.807, 2.05) is 0 Å². The van der Waals surface area contributed by atoms with Gasteiger partial charge in [0.1, 0.15) is 0 Å². The Morgan fingerprint density at radius 2 is 2.00 bits per heavy atom. The van der Waals surface area contributed by atoms with Crippen molar-refractivity contribution in [1.29, 1.82) is 0 Å². The number of nitrogens with zero attached hydrogens (tertiary/aromatic N) is 1. The van der Waals surface area contributed by atoms with Gasteiger partial charge in [-0.2, -0.15) is 0 Å². The normalized spacial score (nSPS) is 27.6. The van der Waals surface area contributed by atoms with E-state index in [1.165, 1.54) is 38.9 Å². The molecule has 15 heavy (non-hydrogen) atoms. The molecule has 0 aromatic rings. The Morgan fingerprint density at radius 3 is 2.40 bits per heavy atom. The standard InChI is InChI=1S/C13H28N2/c1-6-12(3,4)15(5)11-13(7-2)8-9-14-10-13/h14H,6-11H2,1-5H3. The van der Waals surface area contributed by atoms with Crippen LogP contribution in [0.4, 0.5) is 0 Å². The molecule has 1 unspecified atom stereocenters. The summed E-state index contributed by atoms with van der Waals surface area (Å²) in [5.74, 6) is 0. The van der Waals surface area contributed by atoms with E-state index >= 15 is 0 Å². The van der Waals surface area contributed by atoms with Gasteiger partial charge in [-0.3, -0.25) is 0 Å². The number of hydrogen-bond donors (Lipinski definition) is 1. The maximum Gasteiger partial charge on any atom is 0.0147 e. The molecule has 0 radical (unpaired) electrons. The van der Waals surface area contributed by atoms with Crippen LogP contribution in [0, 0.1) is 5.41 Å². The fourth-order valence-electron chi connectivity index (χ4n) is 2.33. The lowest BCUT2D eigenvalue weighted by atomic mass is 9.82. The molecule has 0 bridgehead atoms. The molecule has 1 rings (SSSR count). The second-order valence-electron chi connectivity index (χ2n) is 5.80. The molecular weight excluding hydrogens is 184 g/mol. The van der Waals surface area contributed by atoms with E-state index in [0.29, 0.717) is 11.0 Å². The number of nitrogens with one attached hydrogen (secondary N) is 1. The molecule has 0 saturated carbocycles. The average Bonchev–Trinajstić information content (AvgIpc) is 2.67. The van der Waals surface area contributed by atoms with Gasteiger partial charge >= 0.3 is 0 Å². The molecule has 1 N–H and O–H groups in total. The first-order chi connectivity index (χ1) is 6.96. The highest BCUT2D eigenvalue weighted by Gasteiger charge is 2.35. The van der Waals surface area contributed by atoms with Crippen molar-refractivity contribution in [2.75, 3.05) is 26.7 Å². The average molecular weight is 212 g/mol. The van der Waals surface area contributed by atoms with Crippen LogP contribution >= 0.6 is 0 Å². The molecule has 0 aromatic heterocycles. The maximum atomic E-state index is 3.51. The molecule has 1 heterocycles. The van der Waals surface area contributed by atoms with Gasteiger partial charge in [0, 0.05) is 18.6 Å². The van der Waals surface area contributed by atoms with Crippen molar-refractivity contribution in [3.8, 4) is 0 Å². The second-order valence-corrected chi connectivity index (χ2v) is 5.80. The van der Waals surface area contributed by atoms with E-state index in [2.05, 4.69) is 45.0 Å². The van der Waals surface area contributed by atoms with Crippen molar-refractivity contribution in [2.45, 2.75) is 52.5 Å². The lowest BCUT2D eigenvalue weighted by molar-refractivity contribution is 0.0879. The van der Waals surface area contributed by atoms with Gasteiger partial charge in [-0.15, -0.1) is 0 Å². The Bertz CT molecular complexity index is 193. The summed E-state index contributed by atoms with van der Waals surface area (Å²) in [4.78, 5) is 2.55. The van der Waals surface area contributed by atoms with E-state index in [1.54, 1.807) is 0 Å². The lowest BCUT2D eigenvalue weighted by Gasteiger charge is -2.41. The second kappa shape index (κ2) is 4.84. The van der Waals surface area contributed by atoms with Crippen LogP contribution in [0.15, 0.2) is 0 Å². The third kappa shape index (κ3) is 2.94. The largest absolute Gasteiger partial charge is 0.316 e. The first-order valence-electron chi connectivity index (χ1n) is 6.38. The van der Waals surface area contributed by atoms with Crippen molar-refractivity contribution in [1.82, 2.24) is 10.2 Å². The molecule has 0 spiro atoms. The molecule has 1 aliphatic rings. The van der Waals surface area contributed by atoms with Gasteiger partial charge in [-0.1, -0.05) is 13.8 Å². The van der Waals surface area contributed by atoms with Gasteiger partial charge in [0.15, 0.2) is 0 Å². The van der Waals surface area contributed by atoms with Crippen molar-refractivity contribution < 1.29 is 0 Å². The van der Waals surface area contributed by atoms with Crippen molar-refractivity contribution in [3.05, 3.63) is 0 Å². The van der Waals surface area contributed by atoms with E-state index in [0.717, 1.165) is 0 Å². The first kappa shape index (κ1) is 13.0. The molecular formula is C13H28N2. The Morgan fingerprint density at radius 1 is 1.33 bits per heavy atom. The molecule has 0 aromatic carbocycles. The molecule has 2 heteroatoms. The summed E-state index contributed by atoms with van der Waals surface area (Å²) in [5.41, 5.74) is 0.867. The number of hydrogen-bond acceptors (Lipinski definition) is 2.